The Bertz CT molecular complexity index is 415. The Hall–Kier alpha value is -1.58. The van der Waals surface area contributed by atoms with Crippen LogP contribution in [0.5, 0.6) is 0 Å². The second kappa shape index (κ2) is 4.12. The van der Waals surface area contributed by atoms with Gasteiger partial charge < -0.3 is 10.6 Å². The van der Waals surface area contributed by atoms with E-state index < -0.39 is 5.82 Å². The maximum Gasteiger partial charge on any atom is 0.255 e. The molecule has 4 heteroatoms. The highest BCUT2D eigenvalue weighted by Crippen LogP contribution is 2.30. The molecule has 0 spiro atoms. The van der Waals surface area contributed by atoms with E-state index in [0.29, 0.717) is 11.6 Å². The van der Waals surface area contributed by atoms with Gasteiger partial charge in [-0.25, -0.2) is 4.39 Å². The fourth-order valence-corrected chi connectivity index (χ4v) is 1.69. The van der Waals surface area contributed by atoms with Crippen LogP contribution in [0.4, 0.5) is 10.1 Å². The Morgan fingerprint density at radius 1 is 1.56 bits per heavy atom. The number of nitrogens with zero attached hydrogens (tertiary/aromatic N) is 1. The van der Waals surface area contributed by atoms with Gasteiger partial charge in [0, 0.05) is 19.3 Å². The second-order valence-corrected chi connectivity index (χ2v) is 4.36. The van der Waals surface area contributed by atoms with E-state index in [1.165, 1.54) is 31.0 Å². The van der Waals surface area contributed by atoms with Gasteiger partial charge in [-0.1, -0.05) is 0 Å². The number of nitrogens with two attached hydrogens (primary N) is 1. The lowest BCUT2D eigenvalue weighted by Crippen LogP contribution is -2.29. The molecule has 1 aromatic carbocycles. The minimum absolute atomic E-state index is 0.205. The summed E-state index contributed by atoms with van der Waals surface area (Å²) in [5, 5.41) is 0. The molecule has 0 atom stereocenters. The third-order valence-electron chi connectivity index (χ3n) is 2.82. The zero-order chi connectivity index (χ0) is 11.7. The smallest absolute Gasteiger partial charge is 0.255 e. The van der Waals surface area contributed by atoms with Gasteiger partial charge in [0.05, 0.1) is 5.56 Å². The van der Waals surface area contributed by atoms with Gasteiger partial charge in [-0.15, -0.1) is 0 Å². The summed E-state index contributed by atoms with van der Waals surface area (Å²) < 4.78 is 13.0. The highest BCUT2D eigenvalue weighted by atomic mass is 19.1. The largest absolute Gasteiger partial charge is 0.398 e. The fourth-order valence-electron chi connectivity index (χ4n) is 1.69. The van der Waals surface area contributed by atoms with Crippen molar-refractivity contribution in [2.24, 2.45) is 5.92 Å². The topological polar surface area (TPSA) is 46.3 Å². The van der Waals surface area contributed by atoms with Crippen LogP contribution in [0.3, 0.4) is 0 Å². The molecule has 1 saturated carbocycles. The van der Waals surface area contributed by atoms with Crippen molar-refractivity contribution in [1.29, 1.82) is 0 Å². The molecule has 1 fully saturated rings. The number of anilines is 1. The summed E-state index contributed by atoms with van der Waals surface area (Å²) in [6, 6.07) is 3.88. The van der Waals surface area contributed by atoms with Crippen LogP contribution in [0.15, 0.2) is 18.2 Å². The summed E-state index contributed by atoms with van der Waals surface area (Å²) in [6.45, 7) is 0.731. The van der Waals surface area contributed by atoms with Gasteiger partial charge in [0.1, 0.15) is 5.82 Å². The van der Waals surface area contributed by atoms with Crippen LogP contribution in [-0.4, -0.2) is 24.4 Å². The Morgan fingerprint density at radius 3 is 2.88 bits per heavy atom. The quantitative estimate of drug-likeness (QED) is 0.794. The van der Waals surface area contributed by atoms with Crippen molar-refractivity contribution in [2.75, 3.05) is 19.3 Å². The molecule has 3 nitrogen and oxygen atoms in total. The molecule has 0 saturated heterocycles. The lowest BCUT2D eigenvalue weighted by molar-refractivity contribution is 0.0789. The number of nitrogen functional groups attached to an aromatic ring is 1. The molecule has 1 aliphatic carbocycles. The SMILES string of the molecule is CN(CC1CC1)C(=O)c1cc(F)ccc1N. The van der Waals surface area contributed by atoms with Gasteiger partial charge in [0.2, 0.25) is 0 Å². The molecule has 1 aliphatic rings. The molecule has 1 amide bonds. The van der Waals surface area contributed by atoms with Gasteiger partial charge >= 0.3 is 0 Å². The number of hydrogen-bond acceptors (Lipinski definition) is 2. The Morgan fingerprint density at radius 2 is 2.25 bits per heavy atom. The number of rotatable bonds is 3. The van der Waals surface area contributed by atoms with E-state index in [2.05, 4.69) is 0 Å². The van der Waals surface area contributed by atoms with E-state index >= 15 is 0 Å². The molecule has 0 bridgehead atoms. The van der Waals surface area contributed by atoms with Crippen molar-refractivity contribution in [3.05, 3.63) is 29.6 Å². The number of halogens is 1. The first-order valence-corrected chi connectivity index (χ1v) is 5.38. The predicted octanol–water partition coefficient (Wildman–Crippen LogP) is 1.89. The minimum atomic E-state index is -0.433. The number of benzene rings is 1. The summed E-state index contributed by atoms with van der Waals surface area (Å²) in [7, 11) is 1.73. The maximum absolute atomic E-state index is 13.0. The summed E-state index contributed by atoms with van der Waals surface area (Å²) in [5.41, 5.74) is 6.24. The van der Waals surface area contributed by atoms with Crippen molar-refractivity contribution in [3.8, 4) is 0 Å². The number of amides is 1. The molecule has 0 unspecified atom stereocenters. The average molecular weight is 222 g/mol. The molecular formula is C12H15FN2O. The van der Waals surface area contributed by atoms with Crippen molar-refractivity contribution >= 4 is 11.6 Å². The molecule has 2 N–H and O–H groups in total. The highest BCUT2D eigenvalue weighted by Gasteiger charge is 2.25. The number of carbonyl (C=O) groups excluding carboxylic acids is 1. The first-order valence-electron chi connectivity index (χ1n) is 5.38. The molecule has 0 aromatic heterocycles. The van der Waals surface area contributed by atoms with Gasteiger partial charge in [0.15, 0.2) is 0 Å². The monoisotopic (exact) mass is 222 g/mol. The minimum Gasteiger partial charge on any atom is -0.398 e. The number of carbonyl (C=O) groups is 1. The van der Waals surface area contributed by atoms with Crippen molar-refractivity contribution in [1.82, 2.24) is 4.90 Å². The molecule has 0 radical (unpaired) electrons. The third kappa shape index (κ3) is 2.32. The van der Waals surface area contributed by atoms with Crippen molar-refractivity contribution in [3.63, 3.8) is 0 Å². The van der Waals surface area contributed by atoms with E-state index in [-0.39, 0.29) is 11.5 Å². The van der Waals surface area contributed by atoms with E-state index in [9.17, 15) is 9.18 Å². The Kier molecular flexibility index (Phi) is 2.81. The van der Waals surface area contributed by atoms with Crippen LogP contribution >= 0.6 is 0 Å². The average Bonchev–Trinajstić information content (AvgIpc) is 3.04. The first kappa shape index (κ1) is 10.9. The van der Waals surface area contributed by atoms with Gasteiger partial charge in [-0.2, -0.15) is 0 Å². The van der Waals surface area contributed by atoms with Crippen LogP contribution in [0.1, 0.15) is 23.2 Å². The zero-order valence-electron chi connectivity index (χ0n) is 9.24. The van der Waals surface area contributed by atoms with E-state index in [1.807, 2.05) is 0 Å². The van der Waals surface area contributed by atoms with Crippen LogP contribution in [0.2, 0.25) is 0 Å². The molecule has 16 heavy (non-hydrogen) atoms. The second-order valence-electron chi connectivity index (χ2n) is 4.36. The van der Waals surface area contributed by atoms with E-state index in [1.54, 1.807) is 11.9 Å². The summed E-state index contributed by atoms with van der Waals surface area (Å²) in [4.78, 5) is 13.6. The Balaban J connectivity index is 2.14. The normalized spacial score (nSPS) is 14.9. The lowest BCUT2D eigenvalue weighted by Gasteiger charge is -2.17. The highest BCUT2D eigenvalue weighted by molar-refractivity contribution is 5.98. The van der Waals surface area contributed by atoms with Crippen molar-refractivity contribution in [2.45, 2.75) is 12.8 Å². The fraction of sp³-hybridized carbons (Fsp3) is 0.417. The summed E-state index contributed by atoms with van der Waals surface area (Å²) in [5.74, 6) is -0.0231. The molecular weight excluding hydrogens is 207 g/mol. The molecule has 0 heterocycles. The van der Waals surface area contributed by atoms with Crippen LogP contribution in [-0.2, 0) is 0 Å². The predicted molar refractivity (Wildman–Crippen MR) is 60.5 cm³/mol. The van der Waals surface area contributed by atoms with Gasteiger partial charge in [-0.3, -0.25) is 4.79 Å². The Labute approximate surface area is 94.0 Å². The third-order valence-corrected chi connectivity index (χ3v) is 2.82. The summed E-state index contributed by atoms with van der Waals surface area (Å²) >= 11 is 0. The van der Waals surface area contributed by atoms with Gasteiger partial charge in [0.25, 0.3) is 5.91 Å². The molecule has 0 aliphatic heterocycles. The van der Waals surface area contributed by atoms with Gasteiger partial charge in [-0.05, 0) is 37.0 Å². The van der Waals surface area contributed by atoms with E-state index in [0.717, 1.165) is 6.54 Å². The summed E-state index contributed by atoms with van der Waals surface area (Å²) in [6.07, 6.45) is 2.35. The van der Waals surface area contributed by atoms with Crippen LogP contribution < -0.4 is 5.73 Å². The zero-order valence-corrected chi connectivity index (χ0v) is 9.24. The van der Waals surface area contributed by atoms with Crippen LogP contribution in [0, 0.1) is 11.7 Å². The number of hydrogen-bond donors (Lipinski definition) is 1. The molecule has 1 aromatic rings. The molecule has 86 valence electrons. The standard InChI is InChI=1S/C12H15FN2O/c1-15(7-8-2-3-8)12(16)10-6-9(13)4-5-11(10)14/h4-6,8H,2-3,7,14H2,1H3. The molecule has 2 rings (SSSR count). The maximum atomic E-state index is 13.0. The lowest BCUT2D eigenvalue weighted by atomic mass is 10.1. The van der Waals surface area contributed by atoms with Crippen LogP contribution in [0.25, 0.3) is 0 Å². The van der Waals surface area contributed by atoms with Crippen molar-refractivity contribution < 1.29 is 9.18 Å². The van der Waals surface area contributed by atoms with E-state index in [4.69, 9.17) is 5.73 Å². The first-order chi connectivity index (χ1) is 7.58.